The standard InChI is InChI=1S/C14H10O2/c1-2-14(16)9-8-13(15)12(10-14)11-6-4-3-5-7-11/h1,3-10,16H. The van der Waals surface area contributed by atoms with Crippen LogP contribution in [0, 0.1) is 12.3 Å². The molecule has 0 fully saturated rings. The van der Waals surface area contributed by atoms with Crippen LogP contribution in [0.3, 0.4) is 0 Å². The number of allylic oxidation sites excluding steroid dienone is 2. The third kappa shape index (κ3) is 1.81. The summed E-state index contributed by atoms with van der Waals surface area (Å²) in [6, 6.07) is 9.13. The van der Waals surface area contributed by atoms with Gasteiger partial charge >= 0.3 is 0 Å². The number of ketones is 1. The summed E-state index contributed by atoms with van der Waals surface area (Å²) in [4.78, 5) is 11.7. The van der Waals surface area contributed by atoms with Gasteiger partial charge in [0.2, 0.25) is 0 Å². The van der Waals surface area contributed by atoms with E-state index in [1.165, 1.54) is 18.2 Å². The van der Waals surface area contributed by atoms with Gasteiger partial charge in [-0.05, 0) is 23.8 Å². The lowest BCUT2D eigenvalue weighted by atomic mass is 9.89. The first kappa shape index (κ1) is 10.4. The van der Waals surface area contributed by atoms with Crippen molar-refractivity contribution < 1.29 is 9.90 Å². The molecule has 0 amide bonds. The summed E-state index contributed by atoms with van der Waals surface area (Å²) in [5.41, 5.74) is -0.270. The summed E-state index contributed by atoms with van der Waals surface area (Å²) in [5.74, 6) is 2.09. The lowest BCUT2D eigenvalue weighted by Gasteiger charge is -2.19. The summed E-state index contributed by atoms with van der Waals surface area (Å²) >= 11 is 0. The van der Waals surface area contributed by atoms with E-state index in [1.54, 1.807) is 12.1 Å². The van der Waals surface area contributed by atoms with E-state index in [2.05, 4.69) is 5.92 Å². The Balaban J connectivity index is 2.49. The molecule has 2 nitrogen and oxygen atoms in total. The minimum Gasteiger partial charge on any atom is -0.370 e. The summed E-state index contributed by atoms with van der Waals surface area (Å²) in [5, 5.41) is 9.88. The van der Waals surface area contributed by atoms with Crippen LogP contribution in [-0.2, 0) is 4.79 Å². The van der Waals surface area contributed by atoms with Crippen molar-refractivity contribution in [1.82, 2.24) is 0 Å². The Bertz CT molecular complexity index is 517. The second-order valence-electron chi connectivity index (χ2n) is 3.59. The van der Waals surface area contributed by atoms with Crippen LogP contribution in [0.25, 0.3) is 5.57 Å². The molecule has 1 N–H and O–H groups in total. The molecule has 0 spiro atoms. The maximum absolute atomic E-state index is 11.7. The summed E-state index contributed by atoms with van der Waals surface area (Å²) in [6.07, 6.45) is 9.25. The number of carbonyl (C=O) groups is 1. The van der Waals surface area contributed by atoms with E-state index in [0.717, 1.165) is 5.56 Å². The molecule has 1 aromatic carbocycles. The normalized spacial score (nSPS) is 23.8. The van der Waals surface area contributed by atoms with Crippen molar-refractivity contribution in [3.05, 3.63) is 54.1 Å². The predicted molar refractivity (Wildman–Crippen MR) is 62.3 cm³/mol. The van der Waals surface area contributed by atoms with Gasteiger partial charge in [-0.3, -0.25) is 4.79 Å². The van der Waals surface area contributed by atoms with Crippen LogP contribution in [-0.4, -0.2) is 16.5 Å². The second-order valence-corrected chi connectivity index (χ2v) is 3.59. The van der Waals surface area contributed by atoms with E-state index < -0.39 is 5.60 Å². The smallest absolute Gasteiger partial charge is 0.186 e. The van der Waals surface area contributed by atoms with Crippen LogP contribution in [0.1, 0.15) is 5.56 Å². The fourth-order valence-electron chi connectivity index (χ4n) is 1.56. The molecule has 16 heavy (non-hydrogen) atoms. The molecule has 0 bridgehead atoms. The van der Waals surface area contributed by atoms with Crippen LogP contribution in [0.4, 0.5) is 0 Å². The number of hydrogen-bond donors (Lipinski definition) is 1. The molecule has 1 unspecified atom stereocenters. The number of rotatable bonds is 1. The Morgan fingerprint density at radius 2 is 1.94 bits per heavy atom. The maximum atomic E-state index is 11.7. The number of terminal acetylenes is 1. The van der Waals surface area contributed by atoms with Crippen LogP contribution < -0.4 is 0 Å². The summed E-state index contributed by atoms with van der Waals surface area (Å²) in [6.45, 7) is 0. The number of carbonyl (C=O) groups excluding carboxylic acids is 1. The van der Waals surface area contributed by atoms with Gasteiger partial charge in [-0.1, -0.05) is 36.3 Å². The monoisotopic (exact) mass is 210 g/mol. The quantitative estimate of drug-likeness (QED) is 0.714. The van der Waals surface area contributed by atoms with Crippen molar-refractivity contribution >= 4 is 11.4 Å². The average Bonchev–Trinajstić information content (AvgIpc) is 2.34. The third-order valence-corrected chi connectivity index (χ3v) is 2.43. The highest BCUT2D eigenvalue weighted by Crippen LogP contribution is 2.24. The van der Waals surface area contributed by atoms with Crippen molar-refractivity contribution in [2.24, 2.45) is 0 Å². The molecule has 2 heteroatoms. The molecule has 1 aliphatic rings. The highest BCUT2D eigenvalue weighted by atomic mass is 16.3. The number of hydrogen-bond acceptors (Lipinski definition) is 2. The molecule has 2 rings (SSSR count). The van der Waals surface area contributed by atoms with E-state index in [1.807, 2.05) is 18.2 Å². The fourth-order valence-corrected chi connectivity index (χ4v) is 1.56. The van der Waals surface area contributed by atoms with Crippen LogP contribution >= 0.6 is 0 Å². The fraction of sp³-hybridized carbons (Fsp3) is 0.0714. The highest BCUT2D eigenvalue weighted by Gasteiger charge is 2.25. The Hall–Kier alpha value is -2.11. The first-order valence-electron chi connectivity index (χ1n) is 4.87. The summed E-state index contributed by atoms with van der Waals surface area (Å²) in [7, 11) is 0. The zero-order valence-corrected chi connectivity index (χ0v) is 8.55. The Labute approximate surface area is 93.9 Å². The van der Waals surface area contributed by atoms with Gasteiger partial charge in [0.25, 0.3) is 0 Å². The highest BCUT2D eigenvalue weighted by molar-refractivity contribution is 6.27. The number of aliphatic hydroxyl groups is 1. The zero-order chi connectivity index (χ0) is 11.6. The SMILES string of the molecule is C#CC1(O)C=CC(=O)C(c2ccccc2)=C1. The third-order valence-electron chi connectivity index (χ3n) is 2.43. The van der Waals surface area contributed by atoms with Gasteiger partial charge in [0, 0.05) is 5.57 Å². The van der Waals surface area contributed by atoms with E-state index in [0.29, 0.717) is 5.57 Å². The Kier molecular flexibility index (Phi) is 2.47. The molecule has 0 saturated heterocycles. The van der Waals surface area contributed by atoms with Crippen LogP contribution in [0.5, 0.6) is 0 Å². The van der Waals surface area contributed by atoms with E-state index in [4.69, 9.17) is 6.42 Å². The topological polar surface area (TPSA) is 37.3 Å². The molecular formula is C14H10O2. The molecule has 1 aliphatic carbocycles. The zero-order valence-electron chi connectivity index (χ0n) is 8.55. The molecule has 0 heterocycles. The number of benzene rings is 1. The molecule has 0 aliphatic heterocycles. The summed E-state index contributed by atoms with van der Waals surface area (Å²) < 4.78 is 0. The van der Waals surface area contributed by atoms with Crippen LogP contribution in [0.2, 0.25) is 0 Å². The molecular weight excluding hydrogens is 200 g/mol. The van der Waals surface area contributed by atoms with Gasteiger partial charge < -0.3 is 5.11 Å². The van der Waals surface area contributed by atoms with Gasteiger partial charge in [0.05, 0.1) is 0 Å². The van der Waals surface area contributed by atoms with Crippen molar-refractivity contribution in [3.8, 4) is 12.3 Å². The van der Waals surface area contributed by atoms with Gasteiger partial charge in [-0.2, -0.15) is 0 Å². The van der Waals surface area contributed by atoms with Gasteiger partial charge in [0.15, 0.2) is 11.4 Å². The van der Waals surface area contributed by atoms with Crippen molar-refractivity contribution in [2.75, 3.05) is 0 Å². The first-order chi connectivity index (χ1) is 7.64. The lowest BCUT2D eigenvalue weighted by Crippen LogP contribution is -2.25. The van der Waals surface area contributed by atoms with Gasteiger partial charge in [-0.25, -0.2) is 0 Å². The minimum absolute atomic E-state index is 0.147. The molecule has 0 saturated carbocycles. The molecule has 0 radical (unpaired) electrons. The Morgan fingerprint density at radius 3 is 2.56 bits per heavy atom. The second kappa shape index (κ2) is 3.80. The van der Waals surface area contributed by atoms with E-state index in [9.17, 15) is 9.90 Å². The minimum atomic E-state index is -1.46. The first-order valence-corrected chi connectivity index (χ1v) is 4.87. The molecule has 78 valence electrons. The van der Waals surface area contributed by atoms with Crippen LogP contribution in [0.15, 0.2) is 48.6 Å². The van der Waals surface area contributed by atoms with Gasteiger partial charge in [-0.15, -0.1) is 6.42 Å². The molecule has 0 aromatic heterocycles. The van der Waals surface area contributed by atoms with Crippen molar-refractivity contribution in [1.29, 1.82) is 0 Å². The average molecular weight is 210 g/mol. The van der Waals surface area contributed by atoms with E-state index >= 15 is 0 Å². The van der Waals surface area contributed by atoms with Gasteiger partial charge in [0.1, 0.15) is 0 Å². The maximum Gasteiger partial charge on any atom is 0.186 e. The Morgan fingerprint density at radius 1 is 1.25 bits per heavy atom. The lowest BCUT2D eigenvalue weighted by molar-refractivity contribution is -0.109. The predicted octanol–water partition coefficient (Wildman–Crippen LogP) is 1.57. The molecule has 1 atom stereocenters. The largest absolute Gasteiger partial charge is 0.370 e. The van der Waals surface area contributed by atoms with E-state index in [-0.39, 0.29) is 5.78 Å². The molecule has 1 aromatic rings. The van der Waals surface area contributed by atoms with Crippen molar-refractivity contribution in [2.45, 2.75) is 5.60 Å². The van der Waals surface area contributed by atoms with Crippen molar-refractivity contribution in [3.63, 3.8) is 0 Å².